The summed E-state index contributed by atoms with van der Waals surface area (Å²) < 4.78 is 0. The highest BCUT2D eigenvalue weighted by Crippen LogP contribution is 2.35. The Labute approximate surface area is 148 Å². The molecule has 24 heavy (non-hydrogen) atoms. The van der Waals surface area contributed by atoms with E-state index in [1.165, 1.54) is 4.90 Å². The third-order valence-corrected chi connectivity index (χ3v) is 5.03. The quantitative estimate of drug-likeness (QED) is 0.787. The van der Waals surface area contributed by atoms with Gasteiger partial charge in [0.05, 0.1) is 5.57 Å². The van der Waals surface area contributed by atoms with Crippen LogP contribution < -0.4 is 0 Å². The molecule has 0 bridgehead atoms. The van der Waals surface area contributed by atoms with Crippen LogP contribution in [-0.4, -0.2) is 41.2 Å². The molecular weight excluding hydrogens is 324 g/mol. The molecular formula is C19H23ClN2O2. The molecule has 4 nitrogen and oxygen atoms in total. The Balaban J connectivity index is 2.09. The van der Waals surface area contributed by atoms with E-state index in [4.69, 9.17) is 11.6 Å². The van der Waals surface area contributed by atoms with Crippen molar-refractivity contribution in [2.45, 2.75) is 27.2 Å². The maximum absolute atomic E-state index is 12.9. The van der Waals surface area contributed by atoms with Crippen LogP contribution in [0.3, 0.4) is 0 Å². The lowest BCUT2D eigenvalue weighted by Gasteiger charge is -2.37. The highest BCUT2D eigenvalue weighted by molar-refractivity contribution is 6.36. The van der Waals surface area contributed by atoms with Crippen molar-refractivity contribution in [2.24, 2.45) is 11.8 Å². The normalized spacial score (nSPS) is 25.0. The van der Waals surface area contributed by atoms with Gasteiger partial charge in [0, 0.05) is 24.7 Å². The van der Waals surface area contributed by atoms with Gasteiger partial charge in [0.2, 0.25) is 0 Å². The third kappa shape index (κ3) is 2.95. The zero-order valence-corrected chi connectivity index (χ0v) is 15.1. The maximum atomic E-state index is 12.9. The minimum Gasteiger partial charge on any atom is -0.366 e. The molecule has 1 aromatic carbocycles. The van der Waals surface area contributed by atoms with Gasteiger partial charge in [0.25, 0.3) is 11.8 Å². The lowest BCUT2D eigenvalue weighted by atomic mass is 9.91. The van der Waals surface area contributed by atoms with E-state index in [1.54, 1.807) is 12.1 Å². The minimum absolute atomic E-state index is 0.172. The number of nitrogens with zero attached hydrogens (tertiary/aromatic N) is 2. The fraction of sp³-hybridized carbons (Fsp3) is 0.474. The summed E-state index contributed by atoms with van der Waals surface area (Å²) in [6.45, 7) is 8.24. The van der Waals surface area contributed by atoms with Gasteiger partial charge in [-0.05, 0) is 42.9 Å². The number of benzene rings is 1. The van der Waals surface area contributed by atoms with Gasteiger partial charge >= 0.3 is 0 Å². The number of amides is 2. The van der Waals surface area contributed by atoms with Gasteiger partial charge in [0.15, 0.2) is 0 Å². The van der Waals surface area contributed by atoms with E-state index in [1.807, 2.05) is 19.1 Å². The SMILES string of the molecule is CCN1C(=O)C(c2ccc(Cl)cc2)=C(N2CC(C)CC(C)C2)C1=O. The highest BCUT2D eigenvalue weighted by atomic mass is 35.5. The second kappa shape index (κ2) is 6.60. The number of hydrogen-bond donors (Lipinski definition) is 0. The van der Waals surface area contributed by atoms with E-state index in [-0.39, 0.29) is 11.8 Å². The first kappa shape index (κ1) is 17.0. The fourth-order valence-corrected chi connectivity index (χ4v) is 3.99. The lowest BCUT2D eigenvalue weighted by molar-refractivity contribution is -0.137. The zero-order chi connectivity index (χ0) is 17.4. The van der Waals surface area contributed by atoms with Crippen molar-refractivity contribution in [3.8, 4) is 0 Å². The van der Waals surface area contributed by atoms with E-state index < -0.39 is 0 Å². The molecule has 5 heteroatoms. The summed E-state index contributed by atoms with van der Waals surface area (Å²) in [6, 6.07) is 7.16. The zero-order valence-electron chi connectivity index (χ0n) is 14.4. The van der Waals surface area contributed by atoms with Crippen molar-refractivity contribution in [1.82, 2.24) is 9.80 Å². The first-order valence-electron chi connectivity index (χ1n) is 8.53. The number of halogens is 1. The molecule has 1 aromatic rings. The first-order valence-corrected chi connectivity index (χ1v) is 8.91. The molecule has 0 aromatic heterocycles. The summed E-state index contributed by atoms with van der Waals surface area (Å²) in [5, 5.41) is 0.616. The van der Waals surface area contributed by atoms with Crippen LogP contribution in [0.25, 0.3) is 5.57 Å². The molecule has 2 unspecified atom stereocenters. The maximum Gasteiger partial charge on any atom is 0.277 e. The second-order valence-electron chi connectivity index (χ2n) is 6.94. The Kier molecular flexibility index (Phi) is 4.68. The van der Waals surface area contributed by atoms with Crippen molar-refractivity contribution in [1.29, 1.82) is 0 Å². The Morgan fingerprint density at radius 3 is 2.17 bits per heavy atom. The molecule has 2 heterocycles. The standard InChI is InChI=1S/C19H23ClN2O2/c1-4-22-18(23)16(14-5-7-15(20)8-6-14)17(19(22)24)21-10-12(2)9-13(3)11-21/h5-8,12-13H,4,9-11H2,1-3H3. The van der Waals surface area contributed by atoms with Crippen LogP contribution in [-0.2, 0) is 9.59 Å². The first-order chi connectivity index (χ1) is 11.4. The number of carbonyl (C=O) groups excluding carboxylic acids is 2. The monoisotopic (exact) mass is 346 g/mol. The predicted octanol–water partition coefficient (Wildman–Crippen LogP) is 3.42. The minimum atomic E-state index is -0.203. The second-order valence-corrected chi connectivity index (χ2v) is 7.37. The third-order valence-electron chi connectivity index (χ3n) is 4.78. The summed E-state index contributed by atoms with van der Waals surface area (Å²) in [6.07, 6.45) is 1.15. The van der Waals surface area contributed by atoms with Gasteiger partial charge in [-0.2, -0.15) is 0 Å². The molecule has 128 valence electrons. The number of likely N-dealkylation sites (N-methyl/N-ethyl adjacent to an activating group) is 1. The summed E-state index contributed by atoms with van der Waals surface area (Å²) in [4.78, 5) is 29.2. The Hall–Kier alpha value is -1.81. The van der Waals surface area contributed by atoms with Crippen molar-refractivity contribution >= 4 is 29.0 Å². The van der Waals surface area contributed by atoms with Crippen LogP contribution in [0, 0.1) is 11.8 Å². The molecule has 1 fully saturated rings. The molecule has 1 saturated heterocycles. The van der Waals surface area contributed by atoms with Gasteiger partial charge in [-0.3, -0.25) is 14.5 Å². The average molecular weight is 347 g/mol. The Morgan fingerprint density at radius 2 is 1.62 bits per heavy atom. The summed E-state index contributed by atoms with van der Waals surface area (Å²) in [5.74, 6) is 0.636. The molecule has 0 radical (unpaired) electrons. The fourth-order valence-electron chi connectivity index (χ4n) is 3.87. The summed E-state index contributed by atoms with van der Waals surface area (Å²) in [7, 11) is 0. The van der Waals surface area contributed by atoms with Gasteiger partial charge in [-0.1, -0.05) is 37.6 Å². The van der Waals surface area contributed by atoms with E-state index in [9.17, 15) is 9.59 Å². The number of hydrogen-bond acceptors (Lipinski definition) is 3. The van der Waals surface area contributed by atoms with Crippen LogP contribution >= 0.6 is 11.6 Å². The van der Waals surface area contributed by atoms with Gasteiger partial charge < -0.3 is 4.90 Å². The van der Waals surface area contributed by atoms with Crippen LogP contribution in [0.2, 0.25) is 5.02 Å². The van der Waals surface area contributed by atoms with Crippen LogP contribution in [0.15, 0.2) is 30.0 Å². The van der Waals surface area contributed by atoms with Gasteiger partial charge in [0.1, 0.15) is 5.70 Å². The molecule has 3 rings (SSSR count). The van der Waals surface area contributed by atoms with E-state index in [0.717, 1.165) is 25.1 Å². The molecule has 2 aliphatic rings. The number of likely N-dealkylation sites (tertiary alicyclic amines) is 1. The number of carbonyl (C=O) groups is 2. The molecule has 2 amide bonds. The van der Waals surface area contributed by atoms with Crippen molar-refractivity contribution < 1.29 is 9.59 Å². The highest BCUT2D eigenvalue weighted by Gasteiger charge is 2.42. The number of rotatable bonds is 3. The van der Waals surface area contributed by atoms with E-state index in [2.05, 4.69) is 18.7 Å². The number of piperidine rings is 1. The largest absolute Gasteiger partial charge is 0.366 e. The average Bonchev–Trinajstić information content (AvgIpc) is 2.77. The topological polar surface area (TPSA) is 40.6 Å². The number of imide groups is 1. The van der Waals surface area contributed by atoms with E-state index in [0.29, 0.717) is 34.7 Å². The van der Waals surface area contributed by atoms with Crippen molar-refractivity contribution in [3.63, 3.8) is 0 Å². The molecule has 0 N–H and O–H groups in total. The van der Waals surface area contributed by atoms with Crippen LogP contribution in [0.5, 0.6) is 0 Å². The van der Waals surface area contributed by atoms with Crippen LogP contribution in [0.1, 0.15) is 32.8 Å². The Bertz CT molecular complexity index is 686. The van der Waals surface area contributed by atoms with Crippen molar-refractivity contribution in [3.05, 3.63) is 40.5 Å². The molecule has 0 aliphatic carbocycles. The Morgan fingerprint density at radius 1 is 1.04 bits per heavy atom. The summed E-state index contributed by atoms with van der Waals surface area (Å²) >= 11 is 5.97. The molecule has 2 aliphatic heterocycles. The molecule has 0 spiro atoms. The van der Waals surface area contributed by atoms with Crippen LogP contribution in [0.4, 0.5) is 0 Å². The van der Waals surface area contributed by atoms with Gasteiger partial charge in [-0.25, -0.2) is 0 Å². The van der Waals surface area contributed by atoms with Gasteiger partial charge in [-0.15, -0.1) is 0 Å². The predicted molar refractivity (Wildman–Crippen MR) is 95.3 cm³/mol. The molecule has 2 atom stereocenters. The molecule has 0 saturated carbocycles. The smallest absolute Gasteiger partial charge is 0.277 e. The van der Waals surface area contributed by atoms with E-state index >= 15 is 0 Å². The summed E-state index contributed by atoms with van der Waals surface area (Å²) in [5.41, 5.74) is 1.83. The lowest BCUT2D eigenvalue weighted by Crippen LogP contribution is -2.41. The van der Waals surface area contributed by atoms with Crippen molar-refractivity contribution in [2.75, 3.05) is 19.6 Å².